The second kappa shape index (κ2) is 5.05. The van der Waals surface area contributed by atoms with Gasteiger partial charge >= 0.3 is 0 Å². The zero-order valence-corrected chi connectivity index (χ0v) is 9.35. The Labute approximate surface area is 95.1 Å². The van der Waals surface area contributed by atoms with Crippen molar-refractivity contribution in [2.45, 2.75) is 19.6 Å². The highest BCUT2D eigenvalue weighted by atomic mass is 16.3. The number of aromatic nitrogens is 1. The highest BCUT2D eigenvalue weighted by Gasteiger charge is 1.99. The van der Waals surface area contributed by atoms with Crippen molar-refractivity contribution in [3.63, 3.8) is 0 Å². The van der Waals surface area contributed by atoms with Crippen molar-refractivity contribution in [2.75, 3.05) is 6.54 Å². The molecule has 0 aliphatic heterocycles. The Morgan fingerprint density at radius 3 is 2.88 bits per heavy atom. The minimum atomic E-state index is -0.319. The third-order valence-corrected chi connectivity index (χ3v) is 2.40. The summed E-state index contributed by atoms with van der Waals surface area (Å²) in [5.41, 5.74) is 2.01. The van der Waals surface area contributed by atoms with Gasteiger partial charge in [0.05, 0.1) is 17.3 Å². The van der Waals surface area contributed by atoms with E-state index in [9.17, 15) is 0 Å². The van der Waals surface area contributed by atoms with E-state index < -0.39 is 0 Å². The van der Waals surface area contributed by atoms with Gasteiger partial charge in [-0.2, -0.15) is 0 Å². The second-order valence-corrected chi connectivity index (χ2v) is 3.98. The molecule has 1 aromatic carbocycles. The van der Waals surface area contributed by atoms with Crippen molar-refractivity contribution in [1.29, 1.82) is 0 Å². The molecule has 0 aliphatic carbocycles. The maximum atomic E-state index is 9.12. The lowest BCUT2D eigenvalue weighted by Gasteiger charge is -2.07. The van der Waals surface area contributed by atoms with Gasteiger partial charge in [0, 0.05) is 18.5 Å². The average molecular weight is 216 g/mol. The predicted octanol–water partition coefficient (Wildman–Crippen LogP) is 1.71. The number of pyridine rings is 1. The molecule has 16 heavy (non-hydrogen) atoms. The summed E-state index contributed by atoms with van der Waals surface area (Å²) in [6, 6.07) is 12.1. The largest absolute Gasteiger partial charge is 0.392 e. The van der Waals surface area contributed by atoms with Crippen LogP contribution in [-0.4, -0.2) is 22.7 Å². The summed E-state index contributed by atoms with van der Waals surface area (Å²) in [7, 11) is 0. The van der Waals surface area contributed by atoms with Gasteiger partial charge in [-0.3, -0.25) is 4.98 Å². The molecular weight excluding hydrogens is 200 g/mol. The Hall–Kier alpha value is -1.45. The molecule has 0 spiro atoms. The number of nitrogens with one attached hydrogen (secondary N) is 1. The SMILES string of the molecule is C[C@@H](O)CNCc1ccc2ccccc2n1. The van der Waals surface area contributed by atoms with Crippen LogP contribution in [0.4, 0.5) is 0 Å². The first kappa shape index (κ1) is 11.0. The van der Waals surface area contributed by atoms with Gasteiger partial charge in [0.15, 0.2) is 0 Å². The lowest BCUT2D eigenvalue weighted by molar-refractivity contribution is 0.191. The highest BCUT2D eigenvalue weighted by molar-refractivity contribution is 5.78. The molecule has 0 bridgehead atoms. The molecule has 0 saturated heterocycles. The Bertz CT molecular complexity index is 468. The van der Waals surface area contributed by atoms with E-state index in [0.717, 1.165) is 16.6 Å². The van der Waals surface area contributed by atoms with Crippen molar-refractivity contribution >= 4 is 10.9 Å². The lowest BCUT2D eigenvalue weighted by atomic mass is 10.2. The number of aliphatic hydroxyl groups excluding tert-OH is 1. The van der Waals surface area contributed by atoms with Crippen LogP contribution in [0.3, 0.4) is 0 Å². The number of rotatable bonds is 4. The third kappa shape index (κ3) is 2.78. The fourth-order valence-electron chi connectivity index (χ4n) is 1.62. The zero-order chi connectivity index (χ0) is 11.4. The number of hydrogen-bond donors (Lipinski definition) is 2. The maximum Gasteiger partial charge on any atom is 0.0705 e. The fraction of sp³-hybridized carbons (Fsp3) is 0.308. The average Bonchev–Trinajstić information content (AvgIpc) is 2.28. The summed E-state index contributed by atoms with van der Waals surface area (Å²) in [6.07, 6.45) is -0.319. The van der Waals surface area contributed by atoms with Crippen LogP contribution in [-0.2, 0) is 6.54 Å². The van der Waals surface area contributed by atoms with E-state index in [4.69, 9.17) is 5.11 Å². The van der Waals surface area contributed by atoms with E-state index in [1.54, 1.807) is 6.92 Å². The van der Waals surface area contributed by atoms with Crippen LogP contribution >= 0.6 is 0 Å². The lowest BCUT2D eigenvalue weighted by Crippen LogP contribution is -2.24. The summed E-state index contributed by atoms with van der Waals surface area (Å²) in [6.45, 7) is 3.05. The molecule has 1 heterocycles. The number of aliphatic hydroxyl groups is 1. The maximum absolute atomic E-state index is 9.12. The number of nitrogens with zero attached hydrogens (tertiary/aromatic N) is 1. The van der Waals surface area contributed by atoms with Crippen molar-refractivity contribution < 1.29 is 5.11 Å². The molecule has 3 nitrogen and oxygen atoms in total. The van der Waals surface area contributed by atoms with E-state index in [-0.39, 0.29) is 6.10 Å². The van der Waals surface area contributed by atoms with Crippen LogP contribution in [0.25, 0.3) is 10.9 Å². The molecule has 1 aromatic heterocycles. The van der Waals surface area contributed by atoms with E-state index in [0.29, 0.717) is 13.1 Å². The van der Waals surface area contributed by atoms with Crippen molar-refractivity contribution in [3.05, 3.63) is 42.1 Å². The summed E-state index contributed by atoms with van der Waals surface area (Å²) in [5.74, 6) is 0. The Morgan fingerprint density at radius 1 is 1.25 bits per heavy atom. The first-order valence-corrected chi connectivity index (χ1v) is 5.49. The van der Waals surface area contributed by atoms with E-state index >= 15 is 0 Å². The minimum absolute atomic E-state index is 0.319. The van der Waals surface area contributed by atoms with E-state index in [2.05, 4.69) is 22.4 Å². The first-order valence-electron chi connectivity index (χ1n) is 5.49. The van der Waals surface area contributed by atoms with Crippen LogP contribution in [0, 0.1) is 0 Å². The normalized spacial score (nSPS) is 12.9. The summed E-state index contributed by atoms with van der Waals surface area (Å²) in [4.78, 5) is 4.53. The van der Waals surface area contributed by atoms with Crippen LogP contribution in [0.2, 0.25) is 0 Å². The van der Waals surface area contributed by atoms with Gasteiger partial charge in [0.2, 0.25) is 0 Å². The molecule has 2 N–H and O–H groups in total. The molecule has 84 valence electrons. The molecule has 2 aromatic rings. The minimum Gasteiger partial charge on any atom is -0.392 e. The molecule has 0 unspecified atom stereocenters. The smallest absolute Gasteiger partial charge is 0.0705 e. The predicted molar refractivity (Wildman–Crippen MR) is 65.1 cm³/mol. The van der Waals surface area contributed by atoms with Gasteiger partial charge in [-0.15, -0.1) is 0 Å². The quantitative estimate of drug-likeness (QED) is 0.817. The topological polar surface area (TPSA) is 45.1 Å². The van der Waals surface area contributed by atoms with Gasteiger partial charge in [-0.25, -0.2) is 0 Å². The van der Waals surface area contributed by atoms with Crippen LogP contribution < -0.4 is 5.32 Å². The molecule has 0 fully saturated rings. The zero-order valence-electron chi connectivity index (χ0n) is 9.35. The monoisotopic (exact) mass is 216 g/mol. The molecule has 0 amide bonds. The third-order valence-electron chi connectivity index (χ3n) is 2.40. The van der Waals surface area contributed by atoms with Gasteiger partial charge in [0.25, 0.3) is 0 Å². The van der Waals surface area contributed by atoms with Crippen molar-refractivity contribution in [2.24, 2.45) is 0 Å². The number of para-hydroxylation sites is 1. The Kier molecular flexibility index (Phi) is 3.49. The van der Waals surface area contributed by atoms with Gasteiger partial charge in [0.1, 0.15) is 0 Å². The van der Waals surface area contributed by atoms with Gasteiger partial charge in [-0.1, -0.05) is 24.3 Å². The highest BCUT2D eigenvalue weighted by Crippen LogP contribution is 2.11. The van der Waals surface area contributed by atoms with Crippen LogP contribution in [0.15, 0.2) is 36.4 Å². The van der Waals surface area contributed by atoms with Crippen molar-refractivity contribution in [1.82, 2.24) is 10.3 Å². The fourth-order valence-corrected chi connectivity index (χ4v) is 1.62. The van der Waals surface area contributed by atoms with E-state index in [1.165, 1.54) is 0 Å². The molecule has 0 saturated carbocycles. The Balaban J connectivity index is 2.08. The first-order chi connectivity index (χ1) is 7.75. The molecule has 3 heteroatoms. The molecule has 0 aliphatic rings. The standard InChI is InChI=1S/C13H16N2O/c1-10(16)8-14-9-12-7-6-11-4-2-3-5-13(11)15-12/h2-7,10,14,16H,8-9H2,1H3/t10-/m1/s1. The number of benzene rings is 1. The van der Waals surface area contributed by atoms with Gasteiger partial charge in [-0.05, 0) is 19.1 Å². The Morgan fingerprint density at radius 2 is 2.06 bits per heavy atom. The van der Waals surface area contributed by atoms with Crippen LogP contribution in [0.1, 0.15) is 12.6 Å². The van der Waals surface area contributed by atoms with Gasteiger partial charge < -0.3 is 10.4 Å². The molecule has 0 radical (unpaired) electrons. The molecule has 2 rings (SSSR count). The number of fused-ring (bicyclic) bond motifs is 1. The molecule has 1 atom stereocenters. The second-order valence-electron chi connectivity index (χ2n) is 3.98. The van der Waals surface area contributed by atoms with Crippen LogP contribution in [0.5, 0.6) is 0 Å². The van der Waals surface area contributed by atoms with E-state index in [1.807, 2.05) is 24.3 Å². The molecular formula is C13H16N2O. The summed E-state index contributed by atoms with van der Waals surface area (Å²) >= 11 is 0. The summed E-state index contributed by atoms with van der Waals surface area (Å²) in [5, 5.41) is 13.4. The van der Waals surface area contributed by atoms with Crippen molar-refractivity contribution in [3.8, 4) is 0 Å². The number of hydrogen-bond acceptors (Lipinski definition) is 3. The summed E-state index contributed by atoms with van der Waals surface area (Å²) < 4.78 is 0.